The molecule has 1 aromatic carbocycles. The third-order valence-corrected chi connectivity index (χ3v) is 4.25. The van der Waals surface area contributed by atoms with Crippen LogP contribution in [0.2, 0.25) is 0 Å². The second-order valence-corrected chi connectivity index (χ2v) is 5.85. The second-order valence-electron chi connectivity index (χ2n) is 5.85. The fourth-order valence-electron chi connectivity index (χ4n) is 2.74. The van der Waals surface area contributed by atoms with Gasteiger partial charge in [-0.3, -0.25) is 4.79 Å². The molecule has 1 heterocycles. The van der Waals surface area contributed by atoms with E-state index in [9.17, 15) is 4.79 Å². The number of rotatable bonds is 8. The maximum Gasteiger partial charge on any atom is 0.227 e. The number of piperidine rings is 1. The van der Waals surface area contributed by atoms with Crippen molar-refractivity contribution in [3.8, 4) is 0 Å². The maximum atomic E-state index is 12.4. The molecule has 0 aliphatic carbocycles. The molecule has 0 radical (unpaired) electrons. The molecule has 0 spiro atoms. The molecule has 0 unspecified atom stereocenters. The van der Waals surface area contributed by atoms with E-state index in [1.54, 1.807) is 0 Å². The molecular formula is C18H29ClN2O3. The molecule has 1 saturated heterocycles. The molecule has 136 valence electrons. The van der Waals surface area contributed by atoms with Gasteiger partial charge in [0.05, 0.1) is 19.8 Å². The number of hydrogen-bond acceptors (Lipinski definition) is 4. The van der Waals surface area contributed by atoms with Crippen molar-refractivity contribution in [2.24, 2.45) is 5.92 Å². The summed E-state index contributed by atoms with van der Waals surface area (Å²) >= 11 is 0. The second kappa shape index (κ2) is 11.4. The highest BCUT2D eigenvalue weighted by Crippen LogP contribution is 2.22. The van der Waals surface area contributed by atoms with Gasteiger partial charge in [-0.2, -0.15) is 0 Å². The minimum absolute atomic E-state index is 0. The fraction of sp³-hybridized carbons (Fsp3) is 0.611. The van der Waals surface area contributed by atoms with E-state index >= 15 is 0 Å². The van der Waals surface area contributed by atoms with Crippen molar-refractivity contribution in [2.45, 2.75) is 33.3 Å². The van der Waals surface area contributed by atoms with Crippen molar-refractivity contribution in [3.05, 3.63) is 29.3 Å². The molecule has 2 N–H and O–H groups in total. The third-order valence-electron chi connectivity index (χ3n) is 4.25. The number of anilines is 1. The molecule has 1 aromatic rings. The molecule has 0 atom stereocenters. The van der Waals surface area contributed by atoms with Gasteiger partial charge in [0.25, 0.3) is 0 Å². The number of amides is 1. The number of ether oxygens (including phenoxy) is 2. The van der Waals surface area contributed by atoms with Gasteiger partial charge in [-0.25, -0.2) is 0 Å². The molecule has 0 saturated carbocycles. The number of benzene rings is 1. The highest BCUT2D eigenvalue weighted by Gasteiger charge is 2.21. The van der Waals surface area contributed by atoms with Crippen LogP contribution in [0.4, 0.5) is 5.69 Å². The Labute approximate surface area is 150 Å². The van der Waals surface area contributed by atoms with Gasteiger partial charge in [-0.05, 0) is 57.0 Å². The lowest BCUT2D eigenvalue weighted by Crippen LogP contribution is -2.34. The predicted molar refractivity (Wildman–Crippen MR) is 98.8 cm³/mol. The van der Waals surface area contributed by atoms with E-state index in [4.69, 9.17) is 9.47 Å². The first-order chi connectivity index (χ1) is 11.2. The van der Waals surface area contributed by atoms with Crippen LogP contribution in [0.3, 0.4) is 0 Å². The first kappa shape index (κ1) is 20.9. The average Bonchev–Trinajstić information content (AvgIpc) is 2.58. The van der Waals surface area contributed by atoms with Gasteiger partial charge in [0.1, 0.15) is 0 Å². The first-order valence-corrected chi connectivity index (χ1v) is 8.48. The molecule has 24 heavy (non-hydrogen) atoms. The summed E-state index contributed by atoms with van der Waals surface area (Å²) in [6, 6.07) is 5.96. The Morgan fingerprint density at radius 1 is 1.25 bits per heavy atom. The molecule has 6 heteroatoms. The molecule has 0 aromatic heterocycles. The molecule has 0 bridgehead atoms. The highest BCUT2D eigenvalue weighted by atomic mass is 35.5. The molecular weight excluding hydrogens is 328 g/mol. The zero-order valence-corrected chi connectivity index (χ0v) is 15.4. The molecule has 1 fully saturated rings. The van der Waals surface area contributed by atoms with Crippen LogP contribution in [-0.2, 0) is 20.9 Å². The third kappa shape index (κ3) is 6.40. The lowest BCUT2D eigenvalue weighted by molar-refractivity contribution is -0.120. The largest absolute Gasteiger partial charge is 0.379 e. The van der Waals surface area contributed by atoms with Gasteiger partial charge in [0.2, 0.25) is 5.91 Å². The van der Waals surface area contributed by atoms with E-state index in [0.29, 0.717) is 26.4 Å². The van der Waals surface area contributed by atoms with Crippen molar-refractivity contribution in [2.75, 3.05) is 38.2 Å². The predicted octanol–water partition coefficient (Wildman–Crippen LogP) is 2.91. The molecule has 1 aliphatic heterocycles. The molecule has 1 amide bonds. The standard InChI is InChI=1S/C18H28N2O3.ClH/c1-3-22-11-12-23-13-16-5-4-6-17(14(16)2)20-18(21)15-7-9-19-10-8-15;/h4-6,15,19H,3,7-13H2,1-2H3,(H,20,21);1H. The van der Waals surface area contributed by atoms with Gasteiger partial charge in [0.15, 0.2) is 0 Å². The van der Waals surface area contributed by atoms with E-state index in [-0.39, 0.29) is 24.2 Å². The summed E-state index contributed by atoms with van der Waals surface area (Å²) in [5, 5.41) is 6.37. The summed E-state index contributed by atoms with van der Waals surface area (Å²) in [6.07, 6.45) is 1.82. The average molecular weight is 357 g/mol. The Hall–Kier alpha value is -1.14. The Morgan fingerprint density at radius 3 is 2.67 bits per heavy atom. The lowest BCUT2D eigenvalue weighted by Gasteiger charge is -2.22. The Bertz CT molecular complexity index is 505. The fourth-order valence-corrected chi connectivity index (χ4v) is 2.74. The Balaban J connectivity index is 0.00000288. The Kier molecular flexibility index (Phi) is 9.95. The quantitative estimate of drug-likeness (QED) is 0.703. The smallest absolute Gasteiger partial charge is 0.227 e. The minimum Gasteiger partial charge on any atom is -0.379 e. The van der Waals surface area contributed by atoms with Crippen LogP contribution >= 0.6 is 12.4 Å². The van der Waals surface area contributed by atoms with Crippen LogP contribution in [0.1, 0.15) is 30.9 Å². The zero-order valence-electron chi connectivity index (χ0n) is 14.6. The van der Waals surface area contributed by atoms with Crippen LogP contribution < -0.4 is 10.6 Å². The van der Waals surface area contributed by atoms with Crippen molar-refractivity contribution in [1.29, 1.82) is 0 Å². The number of nitrogens with one attached hydrogen (secondary N) is 2. The summed E-state index contributed by atoms with van der Waals surface area (Å²) in [5.41, 5.74) is 3.07. The molecule has 2 rings (SSSR count). The Morgan fingerprint density at radius 2 is 1.96 bits per heavy atom. The normalized spacial score (nSPS) is 14.9. The number of halogens is 1. The van der Waals surface area contributed by atoms with E-state index in [1.165, 1.54) is 0 Å². The first-order valence-electron chi connectivity index (χ1n) is 8.48. The minimum atomic E-state index is 0. The summed E-state index contributed by atoms with van der Waals surface area (Å²) in [7, 11) is 0. The highest BCUT2D eigenvalue weighted by molar-refractivity contribution is 5.93. The molecule has 5 nitrogen and oxygen atoms in total. The van der Waals surface area contributed by atoms with Crippen molar-refractivity contribution < 1.29 is 14.3 Å². The van der Waals surface area contributed by atoms with Gasteiger partial charge in [-0.15, -0.1) is 12.4 Å². The zero-order chi connectivity index (χ0) is 16.5. The van der Waals surface area contributed by atoms with Gasteiger partial charge < -0.3 is 20.1 Å². The lowest BCUT2D eigenvalue weighted by atomic mass is 9.97. The van der Waals surface area contributed by atoms with Gasteiger partial charge >= 0.3 is 0 Å². The van der Waals surface area contributed by atoms with Crippen LogP contribution in [0.15, 0.2) is 18.2 Å². The molecule has 1 aliphatic rings. The monoisotopic (exact) mass is 356 g/mol. The van der Waals surface area contributed by atoms with Crippen LogP contribution in [0.5, 0.6) is 0 Å². The van der Waals surface area contributed by atoms with Crippen molar-refractivity contribution in [1.82, 2.24) is 5.32 Å². The van der Waals surface area contributed by atoms with Crippen molar-refractivity contribution >= 4 is 24.0 Å². The summed E-state index contributed by atoms with van der Waals surface area (Å²) in [5.74, 6) is 0.241. The number of carbonyl (C=O) groups excluding carboxylic acids is 1. The van der Waals surface area contributed by atoms with Crippen LogP contribution in [-0.4, -0.2) is 38.8 Å². The van der Waals surface area contributed by atoms with Gasteiger partial charge in [-0.1, -0.05) is 12.1 Å². The van der Waals surface area contributed by atoms with Crippen LogP contribution in [0, 0.1) is 12.8 Å². The van der Waals surface area contributed by atoms with Crippen LogP contribution in [0.25, 0.3) is 0 Å². The SMILES string of the molecule is CCOCCOCc1cccc(NC(=O)C2CCNCC2)c1C.Cl. The van der Waals surface area contributed by atoms with E-state index in [0.717, 1.165) is 42.7 Å². The van der Waals surface area contributed by atoms with E-state index in [2.05, 4.69) is 10.6 Å². The van der Waals surface area contributed by atoms with Gasteiger partial charge in [0, 0.05) is 18.2 Å². The van der Waals surface area contributed by atoms with Crippen molar-refractivity contribution in [3.63, 3.8) is 0 Å². The summed E-state index contributed by atoms with van der Waals surface area (Å²) in [4.78, 5) is 12.4. The number of hydrogen-bond donors (Lipinski definition) is 2. The van der Waals surface area contributed by atoms with E-state index in [1.807, 2.05) is 32.0 Å². The summed E-state index contributed by atoms with van der Waals surface area (Å²) in [6.45, 7) is 8.28. The number of carbonyl (C=O) groups is 1. The maximum absolute atomic E-state index is 12.4. The topological polar surface area (TPSA) is 59.6 Å². The summed E-state index contributed by atoms with van der Waals surface area (Å²) < 4.78 is 10.9. The van der Waals surface area contributed by atoms with E-state index < -0.39 is 0 Å².